The third-order valence-corrected chi connectivity index (χ3v) is 6.75. The Bertz CT molecular complexity index is 1700. The van der Waals surface area contributed by atoms with Gasteiger partial charge in [-0.1, -0.05) is 66.2 Å². The predicted octanol–water partition coefficient (Wildman–Crippen LogP) is 6.89. The van der Waals surface area contributed by atoms with E-state index in [1.807, 2.05) is 104 Å². The van der Waals surface area contributed by atoms with Crippen LogP contribution in [-0.4, -0.2) is 21.8 Å². The number of aliphatic hydroxyl groups is 1. The third-order valence-electron chi connectivity index (χ3n) is 6.75. The molecule has 1 amide bonds. The van der Waals surface area contributed by atoms with E-state index in [4.69, 9.17) is 4.74 Å². The number of Topliss-reactive ketones (excluding diaryl/α,β-unsaturated/α-hetero) is 1. The summed E-state index contributed by atoms with van der Waals surface area (Å²) in [5, 5.41) is 12.3. The van der Waals surface area contributed by atoms with Gasteiger partial charge in [0.05, 0.1) is 11.6 Å². The van der Waals surface area contributed by atoms with Crippen LogP contribution in [0.25, 0.3) is 16.7 Å². The molecule has 0 bridgehead atoms. The van der Waals surface area contributed by atoms with Crippen LogP contribution in [0.15, 0.2) is 115 Å². The van der Waals surface area contributed by atoms with Crippen molar-refractivity contribution in [3.63, 3.8) is 0 Å². The second-order valence-corrected chi connectivity index (χ2v) is 9.24. The number of fused-ring (bicyclic) bond motifs is 1. The van der Waals surface area contributed by atoms with Crippen LogP contribution in [0.2, 0.25) is 0 Å². The summed E-state index contributed by atoms with van der Waals surface area (Å²) in [6.07, 6.45) is 1.66. The maximum atomic E-state index is 13.5. The van der Waals surface area contributed by atoms with Gasteiger partial charge in [0, 0.05) is 28.4 Å². The van der Waals surface area contributed by atoms with Crippen LogP contribution in [0.5, 0.6) is 11.5 Å². The zero-order chi connectivity index (χ0) is 26.2. The fourth-order valence-electron chi connectivity index (χ4n) is 4.90. The summed E-state index contributed by atoms with van der Waals surface area (Å²) in [6, 6.07) is 30.7. The van der Waals surface area contributed by atoms with Crippen molar-refractivity contribution in [2.24, 2.45) is 0 Å². The molecule has 2 heterocycles. The number of hydrogen-bond acceptors (Lipinski definition) is 4. The van der Waals surface area contributed by atoms with Gasteiger partial charge in [-0.05, 0) is 55.0 Å². The molecule has 1 fully saturated rings. The Labute approximate surface area is 219 Å². The van der Waals surface area contributed by atoms with Crippen molar-refractivity contribution in [2.45, 2.75) is 13.0 Å². The van der Waals surface area contributed by atoms with Crippen molar-refractivity contribution >= 4 is 34.0 Å². The van der Waals surface area contributed by atoms with E-state index >= 15 is 0 Å². The number of nitrogens with zero attached hydrogens (tertiary/aromatic N) is 1. The van der Waals surface area contributed by atoms with Crippen molar-refractivity contribution in [2.75, 3.05) is 4.90 Å². The largest absolute Gasteiger partial charge is 0.507 e. The molecule has 0 aliphatic carbocycles. The van der Waals surface area contributed by atoms with E-state index in [0.29, 0.717) is 28.3 Å². The maximum Gasteiger partial charge on any atom is 0.300 e. The van der Waals surface area contributed by atoms with Crippen LogP contribution >= 0.6 is 0 Å². The quantitative estimate of drug-likeness (QED) is 0.156. The number of amides is 1. The van der Waals surface area contributed by atoms with Gasteiger partial charge < -0.3 is 14.8 Å². The molecule has 0 saturated carbocycles. The van der Waals surface area contributed by atoms with E-state index in [0.717, 1.165) is 16.5 Å². The second-order valence-electron chi connectivity index (χ2n) is 9.24. The first-order chi connectivity index (χ1) is 18.5. The van der Waals surface area contributed by atoms with Gasteiger partial charge in [-0.15, -0.1) is 0 Å². The van der Waals surface area contributed by atoms with Gasteiger partial charge in [-0.3, -0.25) is 14.5 Å². The number of carbonyl (C=O) groups excluding carboxylic acids is 2. The van der Waals surface area contributed by atoms with E-state index in [2.05, 4.69) is 4.98 Å². The second kappa shape index (κ2) is 9.41. The minimum atomic E-state index is -0.856. The Kier molecular flexibility index (Phi) is 5.77. The number of rotatable bonds is 5. The van der Waals surface area contributed by atoms with Crippen molar-refractivity contribution in [1.29, 1.82) is 0 Å². The molecule has 6 rings (SSSR count). The summed E-state index contributed by atoms with van der Waals surface area (Å²) in [5.41, 5.74) is 3.53. The molecule has 186 valence electrons. The summed E-state index contributed by atoms with van der Waals surface area (Å²) in [7, 11) is 0. The molecule has 1 saturated heterocycles. The predicted molar refractivity (Wildman–Crippen MR) is 147 cm³/mol. The van der Waals surface area contributed by atoms with Crippen molar-refractivity contribution in [1.82, 2.24) is 4.98 Å². The molecular formula is C32H24N2O4. The Balaban J connectivity index is 1.53. The molecule has 0 spiro atoms. The van der Waals surface area contributed by atoms with Gasteiger partial charge in [0.25, 0.3) is 11.7 Å². The van der Waals surface area contributed by atoms with Crippen LogP contribution < -0.4 is 9.64 Å². The van der Waals surface area contributed by atoms with Gasteiger partial charge in [0.15, 0.2) is 0 Å². The molecule has 6 nitrogen and oxygen atoms in total. The number of aromatic amines is 1. The summed E-state index contributed by atoms with van der Waals surface area (Å²) in [6.45, 7) is 1.96. The first kappa shape index (κ1) is 23.3. The Morgan fingerprint density at radius 2 is 1.55 bits per heavy atom. The molecule has 1 aliphatic rings. The summed E-state index contributed by atoms with van der Waals surface area (Å²) < 4.78 is 6.04. The molecule has 1 unspecified atom stereocenters. The maximum absolute atomic E-state index is 13.5. The molecule has 1 atom stereocenters. The average Bonchev–Trinajstić information content (AvgIpc) is 3.49. The number of carbonyl (C=O) groups is 2. The number of aromatic nitrogens is 1. The van der Waals surface area contributed by atoms with Gasteiger partial charge >= 0.3 is 0 Å². The lowest BCUT2D eigenvalue weighted by Gasteiger charge is -2.26. The van der Waals surface area contributed by atoms with Crippen molar-refractivity contribution < 1.29 is 19.4 Å². The molecule has 6 heteroatoms. The minimum Gasteiger partial charge on any atom is -0.507 e. The fourth-order valence-corrected chi connectivity index (χ4v) is 4.90. The molecule has 1 aromatic heterocycles. The third kappa shape index (κ3) is 4.02. The molecule has 4 aromatic carbocycles. The van der Waals surface area contributed by atoms with Crippen molar-refractivity contribution in [3.8, 4) is 11.5 Å². The molecule has 1 aliphatic heterocycles. The van der Waals surface area contributed by atoms with E-state index in [1.54, 1.807) is 12.3 Å². The normalized spacial score (nSPS) is 16.8. The summed E-state index contributed by atoms with van der Waals surface area (Å²) >= 11 is 0. The fraction of sp³-hybridized carbons (Fsp3) is 0.0625. The molecule has 38 heavy (non-hydrogen) atoms. The van der Waals surface area contributed by atoms with E-state index in [-0.39, 0.29) is 11.3 Å². The van der Waals surface area contributed by atoms with E-state index in [9.17, 15) is 14.7 Å². The number of nitrogens with one attached hydrogen (secondary N) is 1. The first-order valence-corrected chi connectivity index (χ1v) is 12.3. The molecule has 0 radical (unpaired) electrons. The van der Waals surface area contributed by atoms with Crippen LogP contribution in [0.1, 0.15) is 22.7 Å². The van der Waals surface area contributed by atoms with E-state index in [1.165, 1.54) is 4.90 Å². The number of ether oxygens (including phenoxy) is 1. The number of hydrogen-bond donors (Lipinski definition) is 2. The minimum absolute atomic E-state index is 0.0252. The van der Waals surface area contributed by atoms with E-state index < -0.39 is 17.7 Å². The highest BCUT2D eigenvalue weighted by molar-refractivity contribution is 6.51. The monoisotopic (exact) mass is 500 g/mol. The van der Waals surface area contributed by atoms with Gasteiger partial charge in [-0.25, -0.2) is 0 Å². The van der Waals surface area contributed by atoms with Crippen LogP contribution in [0.4, 0.5) is 5.69 Å². The van der Waals surface area contributed by atoms with Crippen LogP contribution in [0.3, 0.4) is 0 Å². The number of ketones is 1. The topological polar surface area (TPSA) is 82.6 Å². The Hall–Kier alpha value is -5.10. The number of H-pyrrole nitrogens is 1. The SMILES string of the molecule is Cc1ccc(N2C(=O)C(=O)/C(=C(\O)c3c[nH]c4ccccc34)C2c2cccc(Oc3ccccc3)c2)cc1. The molecule has 2 N–H and O–H groups in total. The molecule has 5 aromatic rings. The summed E-state index contributed by atoms with van der Waals surface area (Å²) in [4.78, 5) is 31.6. The first-order valence-electron chi connectivity index (χ1n) is 12.3. The smallest absolute Gasteiger partial charge is 0.300 e. The standard InChI is InChI=1S/C32H24N2O4/c1-20-14-16-22(17-15-20)34-29(21-8-7-11-24(18-21)38-23-9-3-2-4-10-23)28(31(36)32(34)37)30(35)26-19-33-27-13-6-5-12-25(26)27/h2-19,29,33,35H,1H3/b30-28-. The number of aliphatic hydroxyl groups excluding tert-OH is 1. The highest BCUT2D eigenvalue weighted by Crippen LogP contribution is 2.43. The summed E-state index contributed by atoms with van der Waals surface area (Å²) in [5.74, 6) is -0.455. The Morgan fingerprint density at radius 3 is 2.34 bits per heavy atom. The number of anilines is 1. The van der Waals surface area contributed by atoms with Crippen molar-refractivity contribution in [3.05, 3.63) is 132 Å². The average molecular weight is 501 g/mol. The highest BCUT2D eigenvalue weighted by Gasteiger charge is 2.47. The van der Waals surface area contributed by atoms with Gasteiger partial charge in [-0.2, -0.15) is 0 Å². The number of benzene rings is 4. The lowest BCUT2D eigenvalue weighted by molar-refractivity contribution is -0.132. The van der Waals surface area contributed by atoms with Gasteiger partial charge in [0.1, 0.15) is 17.3 Å². The lowest BCUT2D eigenvalue weighted by Crippen LogP contribution is -2.29. The van der Waals surface area contributed by atoms with Crippen LogP contribution in [-0.2, 0) is 9.59 Å². The Morgan fingerprint density at radius 1 is 0.842 bits per heavy atom. The van der Waals surface area contributed by atoms with Crippen LogP contribution in [0, 0.1) is 6.92 Å². The lowest BCUT2D eigenvalue weighted by atomic mass is 9.94. The number of para-hydroxylation sites is 2. The van der Waals surface area contributed by atoms with Gasteiger partial charge in [0.2, 0.25) is 0 Å². The molecular weight excluding hydrogens is 476 g/mol. The number of aryl methyl sites for hydroxylation is 1. The zero-order valence-electron chi connectivity index (χ0n) is 20.6. The zero-order valence-corrected chi connectivity index (χ0v) is 20.6. The highest BCUT2D eigenvalue weighted by atomic mass is 16.5.